The van der Waals surface area contributed by atoms with E-state index >= 15 is 0 Å². The summed E-state index contributed by atoms with van der Waals surface area (Å²) in [5, 5.41) is 18.8. The van der Waals surface area contributed by atoms with E-state index in [-0.39, 0.29) is 0 Å². The zero-order chi connectivity index (χ0) is 12.5. The molecule has 1 aromatic rings. The quantitative estimate of drug-likeness (QED) is 0.819. The second-order valence-electron chi connectivity index (χ2n) is 4.84. The molecule has 1 aromatic carbocycles. The van der Waals surface area contributed by atoms with Crippen LogP contribution in [0.25, 0.3) is 0 Å². The number of aliphatic hydroxyl groups is 1. The minimum absolute atomic E-state index is 0.305. The lowest BCUT2D eigenvalue weighted by Crippen LogP contribution is -2.42. The number of carboxylic acids is 1. The minimum Gasteiger partial charge on any atom is -0.478 e. The van der Waals surface area contributed by atoms with Gasteiger partial charge < -0.3 is 15.1 Å². The zero-order valence-electron chi connectivity index (χ0n) is 9.89. The van der Waals surface area contributed by atoms with Gasteiger partial charge in [0, 0.05) is 18.8 Å². The van der Waals surface area contributed by atoms with Crippen molar-refractivity contribution in [1.82, 2.24) is 0 Å². The second-order valence-corrected chi connectivity index (χ2v) is 4.84. The molecular formula is C13H17NO3. The van der Waals surface area contributed by atoms with Crippen LogP contribution in [0.3, 0.4) is 0 Å². The van der Waals surface area contributed by atoms with Crippen LogP contribution in [0.15, 0.2) is 24.3 Å². The third kappa shape index (κ3) is 2.77. The fraction of sp³-hybridized carbons (Fsp3) is 0.462. The standard InChI is InChI=1S/C13H17NO3/c1-13(17)5-7-14(8-6-13)11-4-2-3-10(9-11)12(15)16/h2-4,9,17H,5-8H2,1H3,(H,15,16). The molecule has 0 saturated carbocycles. The van der Waals surface area contributed by atoms with E-state index in [9.17, 15) is 9.90 Å². The Morgan fingerprint density at radius 2 is 2.00 bits per heavy atom. The summed E-state index contributed by atoms with van der Waals surface area (Å²) in [6.45, 7) is 3.37. The molecule has 0 aromatic heterocycles. The molecule has 17 heavy (non-hydrogen) atoms. The summed E-state index contributed by atoms with van der Waals surface area (Å²) in [7, 11) is 0. The van der Waals surface area contributed by atoms with E-state index in [0.717, 1.165) is 18.8 Å². The Kier molecular flexibility index (Phi) is 3.07. The van der Waals surface area contributed by atoms with Gasteiger partial charge in [0.25, 0.3) is 0 Å². The topological polar surface area (TPSA) is 60.8 Å². The van der Waals surface area contributed by atoms with Crippen LogP contribution in [0.5, 0.6) is 0 Å². The Morgan fingerprint density at radius 1 is 1.35 bits per heavy atom. The Morgan fingerprint density at radius 3 is 2.59 bits per heavy atom. The molecule has 1 heterocycles. The summed E-state index contributed by atoms with van der Waals surface area (Å²) in [4.78, 5) is 13.0. The molecule has 1 saturated heterocycles. The van der Waals surface area contributed by atoms with Gasteiger partial charge in [0.15, 0.2) is 0 Å². The molecule has 1 fully saturated rings. The van der Waals surface area contributed by atoms with Crippen LogP contribution in [0, 0.1) is 0 Å². The Bertz CT molecular complexity index is 418. The third-order valence-electron chi connectivity index (χ3n) is 3.30. The molecule has 0 bridgehead atoms. The predicted molar refractivity (Wildman–Crippen MR) is 65.5 cm³/mol. The maximum atomic E-state index is 10.9. The second kappa shape index (κ2) is 4.37. The molecule has 0 spiro atoms. The van der Waals surface area contributed by atoms with Crippen molar-refractivity contribution in [3.8, 4) is 0 Å². The first-order valence-electron chi connectivity index (χ1n) is 5.79. The van der Waals surface area contributed by atoms with Crippen molar-refractivity contribution in [3.63, 3.8) is 0 Å². The first-order valence-corrected chi connectivity index (χ1v) is 5.79. The van der Waals surface area contributed by atoms with Gasteiger partial charge in [-0.25, -0.2) is 4.79 Å². The number of anilines is 1. The lowest BCUT2D eigenvalue weighted by atomic mass is 9.93. The summed E-state index contributed by atoms with van der Waals surface area (Å²) in [6, 6.07) is 6.94. The average molecular weight is 235 g/mol. The van der Waals surface area contributed by atoms with Crippen molar-refractivity contribution in [2.24, 2.45) is 0 Å². The molecule has 2 N–H and O–H groups in total. The van der Waals surface area contributed by atoms with E-state index < -0.39 is 11.6 Å². The number of carbonyl (C=O) groups is 1. The van der Waals surface area contributed by atoms with Crippen molar-refractivity contribution in [2.75, 3.05) is 18.0 Å². The van der Waals surface area contributed by atoms with Gasteiger partial charge in [0.2, 0.25) is 0 Å². The summed E-state index contributed by atoms with van der Waals surface area (Å²) >= 11 is 0. The van der Waals surface area contributed by atoms with Gasteiger partial charge >= 0.3 is 5.97 Å². The zero-order valence-corrected chi connectivity index (χ0v) is 9.89. The fourth-order valence-electron chi connectivity index (χ4n) is 2.08. The van der Waals surface area contributed by atoms with Gasteiger partial charge in [-0.15, -0.1) is 0 Å². The van der Waals surface area contributed by atoms with Crippen LogP contribution in [0.4, 0.5) is 5.69 Å². The van der Waals surface area contributed by atoms with Gasteiger partial charge in [-0.3, -0.25) is 0 Å². The molecule has 0 radical (unpaired) electrons. The Balaban J connectivity index is 2.13. The van der Waals surface area contributed by atoms with Crippen molar-refractivity contribution in [2.45, 2.75) is 25.4 Å². The highest BCUT2D eigenvalue weighted by Gasteiger charge is 2.27. The molecular weight excluding hydrogens is 218 g/mol. The van der Waals surface area contributed by atoms with Gasteiger partial charge in [-0.05, 0) is 38.0 Å². The van der Waals surface area contributed by atoms with Crippen molar-refractivity contribution in [1.29, 1.82) is 0 Å². The molecule has 2 rings (SSSR count). The molecule has 0 unspecified atom stereocenters. The predicted octanol–water partition coefficient (Wildman–Crippen LogP) is 1.74. The van der Waals surface area contributed by atoms with Crippen LogP contribution in [-0.2, 0) is 0 Å². The third-order valence-corrected chi connectivity index (χ3v) is 3.30. The van der Waals surface area contributed by atoms with E-state index in [1.807, 2.05) is 13.0 Å². The van der Waals surface area contributed by atoms with Crippen LogP contribution in [-0.4, -0.2) is 34.9 Å². The fourth-order valence-corrected chi connectivity index (χ4v) is 2.08. The van der Waals surface area contributed by atoms with E-state index in [0.29, 0.717) is 18.4 Å². The van der Waals surface area contributed by atoms with Crippen LogP contribution < -0.4 is 4.90 Å². The summed E-state index contributed by atoms with van der Waals surface area (Å²) in [5.41, 5.74) is 0.640. The van der Waals surface area contributed by atoms with E-state index in [4.69, 9.17) is 5.11 Å². The number of hydrogen-bond acceptors (Lipinski definition) is 3. The number of piperidine rings is 1. The first kappa shape index (κ1) is 11.9. The largest absolute Gasteiger partial charge is 0.478 e. The van der Waals surface area contributed by atoms with Gasteiger partial charge in [0.05, 0.1) is 11.2 Å². The number of aromatic carboxylic acids is 1. The number of rotatable bonds is 2. The van der Waals surface area contributed by atoms with E-state index in [1.54, 1.807) is 18.2 Å². The van der Waals surface area contributed by atoms with Crippen molar-refractivity contribution >= 4 is 11.7 Å². The molecule has 4 nitrogen and oxygen atoms in total. The molecule has 1 aliphatic rings. The average Bonchev–Trinajstić information content (AvgIpc) is 2.29. The van der Waals surface area contributed by atoms with Gasteiger partial charge in [-0.2, -0.15) is 0 Å². The molecule has 0 atom stereocenters. The number of hydrogen-bond donors (Lipinski definition) is 2. The van der Waals surface area contributed by atoms with Gasteiger partial charge in [0.1, 0.15) is 0 Å². The number of benzene rings is 1. The Hall–Kier alpha value is -1.55. The number of carboxylic acid groups (broad SMARTS) is 1. The molecule has 1 aliphatic heterocycles. The highest BCUT2D eigenvalue weighted by molar-refractivity contribution is 5.88. The van der Waals surface area contributed by atoms with Crippen LogP contribution >= 0.6 is 0 Å². The molecule has 0 aliphatic carbocycles. The van der Waals surface area contributed by atoms with Gasteiger partial charge in [-0.1, -0.05) is 6.07 Å². The van der Waals surface area contributed by atoms with Crippen molar-refractivity contribution in [3.05, 3.63) is 29.8 Å². The maximum absolute atomic E-state index is 10.9. The monoisotopic (exact) mass is 235 g/mol. The van der Waals surface area contributed by atoms with E-state index in [1.165, 1.54) is 0 Å². The van der Waals surface area contributed by atoms with Crippen LogP contribution in [0.1, 0.15) is 30.1 Å². The smallest absolute Gasteiger partial charge is 0.335 e. The normalized spacial score (nSPS) is 19.1. The minimum atomic E-state index is -0.907. The Labute approximate surface area is 100 Å². The summed E-state index contributed by atoms with van der Waals surface area (Å²) in [5.74, 6) is -0.907. The molecule has 4 heteroatoms. The molecule has 0 amide bonds. The molecule has 92 valence electrons. The highest BCUT2D eigenvalue weighted by atomic mass is 16.4. The lowest BCUT2D eigenvalue weighted by Gasteiger charge is -2.37. The lowest BCUT2D eigenvalue weighted by molar-refractivity contribution is 0.0351. The SMILES string of the molecule is CC1(O)CCN(c2cccc(C(=O)O)c2)CC1. The first-order chi connectivity index (χ1) is 7.98. The number of nitrogens with zero attached hydrogens (tertiary/aromatic N) is 1. The van der Waals surface area contributed by atoms with E-state index in [2.05, 4.69) is 4.90 Å². The van der Waals surface area contributed by atoms with Crippen molar-refractivity contribution < 1.29 is 15.0 Å². The maximum Gasteiger partial charge on any atom is 0.335 e. The summed E-state index contributed by atoms with van der Waals surface area (Å²) in [6.07, 6.45) is 1.43. The summed E-state index contributed by atoms with van der Waals surface area (Å²) < 4.78 is 0. The van der Waals surface area contributed by atoms with Crippen LogP contribution in [0.2, 0.25) is 0 Å². The highest BCUT2D eigenvalue weighted by Crippen LogP contribution is 2.26.